The van der Waals surface area contributed by atoms with Gasteiger partial charge in [-0.1, -0.05) is 29.8 Å². The molecule has 2 aromatic rings. The number of terminal acetylenes is 1. The maximum Gasteiger partial charge on any atom is 0.0320 e. The highest BCUT2D eigenvalue weighted by Gasteiger charge is 1.93. The summed E-state index contributed by atoms with van der Waals surface area (Å²) in [5, 5.41) is 2.46. The van der Waals surface area contributed by atoms with Crippen molar-refractivity contribution in [3.05, 3.63) is 42.0 Å². The Balaban J connectivity index is 0.000000461. The van der Waals surface area contributed by atoms with Crippen molar-refractivity contribution in [2.24, 2.45) is 0 Å². The molecule has 0 saturated heterocycles. The molecule has 1 heteroatoms. The molecule has 0 aliphatic carbocycles. The number of hydrogen-bond acceptors (Lipinski definition) is 1. The molecule has 0 fully saturated rings. The summed E-state index contributed by atoms with van der Waals surface area (Å²) in [6, 6.07) is 12.3. The minimum absolute atomic E-state index is 0.825. The molecule has 2 aromatic carbocycles. The van der Waals surface area contributed by atoms with Gasteiger partial charge in [-0.3, -0.25) is 0 Å². The maximum atomic E-state index is 5.66. The molecule has 70 valence electrons. The largest absolute Gasteiger partial charge is 0.399 e. The van der Waals surface area contributed by atoms with Crippen molar-refractivity contribution in [1.29, 1.82) is 0 Å². The van der Waals surface area contributed by atoms with E-state index in [2.05, 4.69) is 44.0 Å². The van der Waals surface area contributed by atoms with Crippen molar-refractivity contribution in [3.8, 4) is 12.8 Å². The molecule has 0 heterocycles. The quantitative estimate of drug-likeness (QED) is 0.493. The normalized spacial score (nSPS) is 9.07. The van der Waals surface area contributed by atoms with E-state index in [1.807, 2.05) is 12.1 Å². The van der Waals surface area contributed by atoms with Crippen LogP contribution in [0.25, 0.3) is 10.8 Å². The monoisotopic (exact) mass is 183 g/mol. The highest BCUT2D eigenvalue weighted by molar-refractivity contribution is 5.85. The number of aryl methyl sites for hydroxylation is 1. The molecule has 0 radical (unpaired) electrons. The molecule has 14 heavy (non-hydrogen) atoms. The summed E-state index contributed by atoms with van der Waals surface area (Å²) in [7, 11) is 0. The maximum absolute atomic E-state index is 5.66. The number of nitrogen functional groups attached to an aromatic ring is 1. The zero-order valence-corrected chi connectivity index (χ0v) is 8.20. The second-order valence-corrected chi connectivity index (χ2v) is 3.11. The van der Waals surface area contributed by atoms with Crippen LogP contribution in [0.2, 0.25) is 0 Å². The molecule has 0 spiro atoms. The number of nitrogens with two attached hydrogens (primary N) is 1. The molecule has 2 N–H and O–H groups in total. The first-order chi connectivity index (χ1) is 6.75. The van der Waals surface area contributed by atoms with Crippen LogP contribution in [0.1, 0.15) is 5.56 Å². The lowest BCUT2D eigenvalue weighted by Gasteiger charge is -1.99. The van der Waals surface area contributed by atoms with E-state index in [-0.39, 0.29) is 0 Å². The minimum Gasteiger partial charge on any atom is -0.399 e. The second-order valence-electron chi connectivity index (χ2n) is 3.11. The van der Waals surface area contributed by atoms with Gasteiger partial charge in [-0.25, -0.2) is 0 Å². The Hall–Kier alpha value is -1.94. The Labute approximate surface area is 84.6 Å². The predicted molar refractivity (Wildman–Crippen MR) is 63.0 cm³/mol. The molecule has 0 aliphatic rings. The Kier molecular flexibility index (Phi) is 3.14. The average molecular weight is 183 g/mol. The number of anilines is 1. The molecule has 0 aromatic heterocycles. The van der Waals surface area contributed by atoms with Crippen LogP contribution in [0.4, 0.5) is 5.69 Å². The van der Waals surface area contributed by atoms with Gasteiger partial charge in [-0.15, -0.1) is 12.8 Å². The van der Waals surface area contributed by atoms with Crippen LogP contribution in [0.15, 0.2) is 36.4 Å². The molecule has 0 amide bonds. The lowest BCUT2D eigenvalue weighted by molar-refractivity contribution is 1.51. The number of hydrogen-bond donors (Lipinski definition) is 1. The van der Waals surface area contributed by atoms with E-state index in [4.69, 9.17) is 5.73 Å². The molecule has 0 atom stereocenters. The van der Waals surface area contributed by atoms with Crippen LogP contribution in [-0.2, 0) is 0 Å². The zero-order valence-electron chi connectivity index (χ0n) is 8.20. The standard InChI is InChI=1S/C11H11N.C2H2/c1-8-2-3-10-7-11(12)5-4-9(10)6-8;1-2/h2-7H,12H2,1H3;1-2H. The first kappa shape index (κ1) is 10.1. The van der Waals surface area contributed by atoms with Gasteiger partial charge in [0.2, 0.25) is 0 Å². The summed E-state index contributed by atoms with van der Waals surface area (Å²) in [5.41, 5.74) is 7.77. The molecule has 0 bridgehead atoms. The van der Waals surface area contributed by atoms with E-state index in [1.54, 1.807) is 0 Å². The van der Waals surface area contributed by atoms with Crippen LogP contribution in [0.3, 0.4) is 0 Å². The van der Waals surface area contributed by atoms with Crippen LogP contribution < -0.4 is 5.73 Å². The van der Waals surface area contributed by atoms with Gasteiger partial charge in [0.05, 0.1) is 0 Å². The van der Waals surface area contributed by atoms with Gasteiger partial charge < -0.3 is 5.73 Å². The summed E-state index contributed by atoms with van der Waals surface area (Å²) in [4.78, 5) is 0. The third-order valence-electron chi connectivity index (χ3n) is 2.02. The van der Waals surface area contributed by atoms with Gasteiger partial charge >= 0.3 is 0 Å². The summed E-state index contributed by atoms with van der Waals surface area (Å²) in [5.74, 6) is 0. The highest BCUT2D eigenvalue weighted by atomic mass is 14.5. The van der Waals surface area contributed by atoms with Crippen LogP contribution in [-0.4, -0.2) is 0 Å². The van der Waals surface area contributed by atoms with E-state index in [0.717, 1.165) is 5.69 Å². The fraction of sp³-hybridized carbons (Fsp3) is 0.0769. The Morgan fingerprint density at radius 3 is 2.21 bits per heavy atom. The summed E-state index contributed by atoms with van der Waals surface area (Å²) in [6.07, 6.45) is 8.00. The van der Waals surface area contributed by atoms with E-state index >= 15 is 0 Å². The van der Waals surface area contributed by atoms with Crippen molar-refractivity contribution in [3.63, 3.8) is 0 Å². The number of rotatable bonds is 0. The van der Waals surface area contributed by atoms with E-state index in [9.17, 15) is 0 Å². The summed E-state index contributed by atoms with van der Waals surface area (Å²) < 4.78 is 0. The molecule has 1 nitrogen and oxygen atoms in total. The Morgan fingerprint density at radius 1 is 0.929 bits per heavy atom. The van der Waals surface area contributed by atoms with Gasteiger partial charge in [0.15, 0.2) is 0 Å². The third-order valence-corrected chi connectivity index (χ3v) is 2.02. The van der Waals surface area contributed by atoms with E-state index < -0.39 is 0 Å². The lowest BCUT2D eigenvalue weighted by atomic mass is 10.1. The van der Waals surface area contributed by atoms with Crippen molar-refractivity contribution >= 4 is 16.5 Å². The third kappa shape index (κ3) is 2.05. The first-order valence-corrected chi connectivity index (χ1v) is 4.35. The second kappa shape index (κ2) is 4.34. The molecule has 0 aliphatic heterocycles. The molecule has 2 rings (SSSR count). The zero-order chi connectivity index (χ0) is 10.6. The Bertz CT molecular complexity index is 414. The molecular weight excluding hydrogens is 170 g/mol. The highest BCUT2D eigenvalue weighted by Crippen LogP contribution is 2.18. The lowest BCUT2D eigenvalue weighted by Crippen LogP contribution is -1.83. The molecular formula is C13H13N. The topological polar surface area (TPSA) is 26.0 Å². The van der Waals surface area contributed by atoms with Gasteiger partial charge in [0.1, 0.15) is 0 Å². The average Bonchev–Trinajstić information content (AvgIpc) is 2.21. The first-order valence-electron chi connectivity index (χ1n) is 4.35. The predicted octanol–water partition coefficient (Wildman–Crippen LogP) is 2.98. The van der Waals surface area contributed by atoms with Gasteiger partial charge in [-0.2, -0.15) is 0 Å². The fourth-order valence-corrected chi connectivity index (χ4v) is 1.38. The van der Waals surface area contributed by atoms with E-state index in [0.29, 0.717) is 0 Å². The van der Waals surface area contributed by atoms with Crippen molar-refractivity contribution in [1.82, 2.24) is 0 Å². The molecule has 0 saturated carbocycles. The summed E-state index contributed by atoms with van der Waals surface area (Å²) in [6.45, 7) is 2.09. The van der Waals surface area contributed by atoms with Gasteiger partial charge in [-0.05, 0) is 29.8 Å². The minimum atomic E-state index is 0.825. The van der Waals surface area contributed by atoms with Gasteiger partial charge in [0.25, 0.3) is 0 Å². The van der Waals surface area contributed by atoms with Crippen LogP contribution >= 0.6 is 0 Å². The van der Waals surface area contributed by atoms with Crippen molar-refractivity contribution in [2.45, 2.75) is 6.92 Å². The number of benzene rings is 2. The van der Waals surface area contributed by atoms with Gasteiger partial charge in [0, 0.05) is 5.69 Å². The van der Waals surface area contributed by atoms with Crippen molar-refractivity contribution < 1.29 is 0 Å². The van der Waals surface area contributed by atoms with E-state index in [1.165, 1.54) is 16.3 Å². The molecule has 0 unspecified atom stereocenters. The summed E-state index contributed by atoms with van der Waals surface area (Å²) >= 11 is 0. The van der Waals surface area contributed by atoms with Crippen LogP contribution in [0, 0.1) is 19.8 Å². The van der Waals surface area contributed by atoms with Crippen molar-refractivity contribution in [2.75, 3.05) is 5.73 Å². The number of fused-ring (bicyclic) bond motifs is 1. The van der Waals surface area contributed by atoms with Crippen LogP contribution in [0.5, 0.6) is 0 Å². The smallest absolute Gasteiger partial charge is 0.0320 e. The SMILES string of the molecule is C#C.Cc1ccc2cc(N)ccc2c1. The Morgan fingerprint density at radius 2 is 1.50 bits per heavy atom. The fourth-order valence-electron chi connectivity index (χ4n) is 1.38.